The zero-order chi connectivity index (χ0) is 30.5. The van der Waals surface area contributed by atoms with Gasteiger partial charge in [0, 0.05) is 24.1 Å². The summed E-state index contributed by atoms with van der Waals surface area (Å²) in [6.45, 7) is 4.93. The number of ether oxygens (including phenoxy) is 3. The third-order valence-corrected chi connectivity index (χ3v) is 7.95. The van der Waals surface area contributed by atoms with Crippen LogP contribution in [0.1, 0.15) is 19.4 Å². The summed E-state index contributed by atoms with van der Waals surface area (Å²) in [5, 5.41) is 14.4. The van der Waals surface area contributed by atoms with Crippen molar-refractivity contribution >= 4 is 29.6 Å². The number of nitrogens with zero attached hydrogens (tertiary/aromatic N) is 2. The number of nitrogens with one attached hydrogen (secondary N) is 1. The molecule has 0 aromatic heterocycles. The number of anilines is 1. The lowest BCUT2D eigenvalue weighted by Gasteiger charge is -2.31. The molecule has 228 valence electrons. The minimum absolute atomic E-state index is 0.172. The molecule has 1 fully saturated rings. The van der Waals surface area contributed by atoms with Gasteiger partial charge in [0.1, 0.15) is 11.6 Å². The highest BCUT2D eigenvalue weighted by molar-refractivity contribution is 7.97. The number of cyclic esters (lactones) is 1. The summed E-state index contributed by atoms with van der Waals surface area (Å²) < 4.78 is 45.9. The largest absolute Gasteiger partial charge is 0.454 e. The number of rotatable bonds is 12. The van der Waals surface area contributed by atoms with Crippen LogP contribution in [0.15, 0.2) is 71.6 Å². The number of carbonyl (C=O) groups excluding carboxylic acids is 2. The van der Waals surface area contributed by atoms with E-state index in [9.17, 15) is 23.5 Å². The van der Waals surface area contributed by atoms with E-state index < -0.39 is 41.9 Å². The summed E-state index contributed by atoms with van der Waals surface area (Å²) in [5.74, 6) is -0.739. The maximum Gasteiger partial charge on any atom is 0.415 e. The van der Waals surface area contributed by atoms with Gasteiger partial charge in [0.05, 0.1) is 24.4 Å². The second kappa shape index (κ2) is 13.6. The first-order valence-electron chi connectivity index (χ1n) is 13.9. The van der Waals surface area contributed by atoms with E-state index >= 15 is 0 Å². The zero-order valence-corrected chi connectivity index (χ0v) is 24.6. The van der Waals surface area contributed by atoms with Crippen molar-refractivity contribution in [3.8, 4) is 11.5 Å². The lowest BCUT2D eigenvalue weighted by Crippen LogP contribution is -2.52. The molecule has 0 bridgehead atoms. The first-order valence-corrected chi connectivity index (χ1v) is 14.7. The second-order valence-electron chi connectivity index (χ2n) is 10.8. The van der Waals surface area contributed by atoms with Crippen molar-refractivity contribution in [1.29, 1.82) is 0 Å². The highest BCUT2D eigenvalue weighted by Crippen LogP contribution is 2.37. The SMILES string of the molecule is CC(C)CN(CC(O)C(Cc1ccccc1)NC(=O)C1CN(c2ccc(F)cc2F)C(=O)O1)Sc1ccc2c(c1)OCO2. The molecule has 2 amide bonds. The summed E-state index contributed by atoms with van der Waals surface area (Å²) in [6.07, 6.45) is -2.87. The van der Waals surface area contributed by atoms with Crippen LogP contribution in [0.3, 0.4) is 0 Å². The molecule has 5 rings (SSSR count). The maximum atomic E-state index is 14.4. The Hall–Kier alpha value is -3.87. The van der Waals surface area contributed by atoms with Gasteiger partial charge in [-0.1, -0.05) is 44.2 Å². The molecule has 3 aromatic carbocycles. The monoisotopic (exact) mass is 613 g/mol. The number of fused-ring (bicyclic) bond motifs is 1. The van der Waals surface area contributed by atoms with Gasteiger partial charge in [-0.15, -0.1) is 0 Å². The van der Waals surface area contributed by atoms with Crippen LogP contribution in [0.25, 0.3) is 0 Å². The van der Waals surface area contributed by atoms with Crippen LogP contribution < -0.4 is 19.7 Å². The van der Waals surface area contributed by atoms with E-state index in [4.69, 9.17) is 14.2 Å². The van der Waals surface area contributed by atoms with Gasteiger partial charge in [-0.05, 0) is 60.2 Å². The molecule has 3 unspecified atom stereocenters. The minimum Gasteiger partial charge on any atom is -0.454 e. The lowest BCUT2D eigenvalue weighted by atomic mass is 10.0. The van der Waals surface area contributed by atoms with Gasteiger partial charge in [-0.25, -0.2) is 17.9 Å². The average Bonchev–Trinajstić information content (AvgIpc) is 3.59. The van der Waals surface area contributed by atoms with Crippen LogP contribution in [-0.2, 0) is 16.0 Å². The van der Waals surface area contributed by atoms with Crippen molar-refractivity contribution in [2.75, 3.05) is 31.3 Å². The van der Waals surface area contributed by atoms with Crippen LogP contribution in [-0.4, -0.2) is 66.1 Å². The summed E-state index contributed by atoms with van der Waals surface area (Å²) in [6, 6.07) is 17.1. The quantitative estimate of drug-likeness (QED) is 0.282. The summed E-state index contributed by atoms with van der Waals surface area (Å²) in [7, 11) is 0. The average molecular weight is 614 g/mol. The van der Waals surface area contributed by atoms with E-state index in [2.05, 4.69) is 19.2 Å². The first-order chi connectivity index (χ1) is 20.7. The summed E-state index contributed by atoms with van der Waals surface area (Å²) in [4.78, 5) is 27.7. The van der Waals surface area contributed by atoms with Gasteiger partial charge in [0.25, 0.3) is 5.91 Å². The summed E-state index contributed by atoms with van der Waals surface area (Å²) in [5.41, 5.74) is 0.705. The number of aliphatic hydroxyl groups is 1. The van der Waals surface area contributed by atoms with Crippen LogP contribution in [0.5, 0.6) is 11.5 Å². The number of aliphatic hydroxyl groups excluding tert-OH is 1. The van der Waals surface area contributed by atoms with E-state index in [0.717, 1.165) is 27.5 Å². The van der Waals surface area contributed by atoms with Gasteiger partial charge < -0.3 is 24.6 Å². The van der Waals surface area contributed by atoms with E-state index in [0.29, 0.717) is 30.5 Å². The van der Waals surface area contributed by atoms with E-state index in [-0.39, 0.29) is 31.5 Å². The molecule has 2 aliphatic rings. The van der Waals surface area contributed by atoms with Gasteiger partial charge in [0.2, 0.25) is 6.79 Å². The Balaban J connectivity index is 1.30. The molecular weight excluding hydrogens is 580 g/mol. The number of hydrogen-bond donors (Lipinski definition) is 2. The van der Waals surface area contributed by atoms with Crippen LogP contribution >= 0.6 is 11.9 Å². The summed E-state index contributed by atoms with van der Waals surface area (Å²) >= 11 is 1.47. The fraction of sp³-hybridized carbons (Fsp3) is 0.355. The molecule has 9 nitrogen and oxygen atoms in total. The molecule has 3 atom stereocenters. The normalized spacial score (nSPS) is 17.3. The van der Waals surface area contributed by atoms with E-state index in [1.165, 1.54) is 11.9 Å². The van der Waals surface area contributed by atoms with Crippen molar-refractivity contribution in [3.05, 3.63) is 83.9 Å². The maximum absolute atomic E-state index is 14.4. The zero-order valence-electron chi connectivity index (χ0n) is 23.7. The molecule has 43 heavy (non-hydrogen) atoms. The van der Waals surface area contributed by atoms with Crippen LogP contribution in [0.2, 0.25) is 0 Å². The number of amides is 2. The highest BCUT2D eigenvalue weighted by atomic mass is 32.2. The van der Waals surface area contributed by atoms with Crippen molar-refractivity contribution in [1.82, 2.24) is 9.62 Å². The fourth-order valence-electron chi connectivity index (χ4n) is 4.90. The van der Waals surface area contributed by atoms with Gasteiger partial charge in [-0.2, -0.15) is 0 Å². The molecule has 0 spiro atoms. The highest BCUT2D eigenvalue weighted by Gasteiger charge is 2.39. The topological polar surface area (TPSA) is 101 Å². The predicted molar refractivity (Wildman–Crippen MR) is 157 cm³/mol. The third kappa shape index (κ3) is 7.75. The predicted octanol–water partition coefficient (Wildman–Crippen LogP) is 4.77. The molecule has 0 saturated carbocycles. The molecule has 0 aliphatic carbocycles. The van der Waals surface area contributed by atoms with Crippen molar-refractivity contribution in [2.24, 2.45) is 5.92 Å². The van der Waals surface area contributed by atoms with Gasteiger partial charge in [0.15, 0.2) is 17.6 Å². The van der Waals surface area contributed by atoms with Crippen LogP contribution in [0.4, 0.5) is 19.3 Å². The van der Waals surface area contributed by atoms with E-state index in [1.54, 1.807) is 0 Å². The standard InChI is InChI=1S/C31H33F2N3O6S/c1-19(2)15-35(43-22-9-11-27-28(14-22)41-18-40-27)16-26(37)24(12-20-6-4-3-5-7-20)34-30(38)29-17-36(31(39)42-29)25-10-8-21(32)13-23(25)33/h3-11,13-14,19,24,26,29,37H,12,15-18H2,1-2H3,(H,34,38). The lowest BCUT2D eigenvalue weighted by molar-refractivity contribution is -0.129. The van der Waals surface area contributed by atoms with E-state index in [1.807, 2.05) is 52.8 Å². The number of hydrogen-bond acceptors (Lipinski definition) is 8. The Bertz CT molecular complexity index is 1450. The number of carbonyl (C=O) groups is 2. The Labute approximate surface area is 252 Å². The molecule has 2 aliphatic heterocycles. The fourth-order valence-corrected chi connectivity index (χ4v) is 6.08. The second-order valence-corrected chi connectivity index (χ2v) is 12.0. The number of halogens is 2. The third-order valence-electron chi connectivity index (χ3n) is 6.93. The molecule has 2 N–H and O–H groups in total. The van der Waals surface area contributed by atoms with Gasteiger partial charge >= 0.3 is 6.09 Å². The van der Waals surface area contributed by atoms with Crippen molar-refractivity contribution in [3.63, 3.8) is 0 Å². The Morgan fingerprint density at radius 1 is 1.07 bits per heavy atom. The Kier molecular flexibility index (Phi) is 9.69. The molecular formula is C31H33F2N3O6S. The molecule has 0 radical (unpaired) electrons. The smallest absolute Gasteiger partial charge is 0.415 e. The number of benzene rings is 3. The molecule has 3 aromatic rings. The Morgan fingerprint density at radius 2 is 1.84 bits per heavy atom. The Morgan fingerprint density at radius 3 is 2.58 bits per heavy atom. The molecule has 12 heteroatoms. The molecule has 1 saturated heterocycles. The van der Waals surface area contributed by atoms with Crippen molar-refractivity contribution in [2.45, 2.75) is 43.4 Å². The molecule has 2 heterocycles. The van der Waals surface area contributed by atoms with Crippen molar-refractivity contribution < 1.29 is 37.7 Å². The first kappa shape index (κ1) is 30.6. The van der Waals surface area contributed by atoms with Crippen LogP contribution in [0, 0.1) is 17.6 Å². The van der Waals surface area contributed by atoms with Gasteiger partial charge in [-0.3, -0.25) is 9.69 Å². The minimum atomic E-state index is -1.25.